The normalized spacial score (nSPS) is 13.3. The summed E-state index contributed by atoms with van der Waals surface area (Å²) in [6.45, 7) is 0. The number of halogens is 1. The molecule has 1 aliphatic heterocycles. The second-order valence-electron chi connectivity index (χ2n) is 5.13. The second kappa shape index (κ2) is 4.38. The maximum Gasteiger partial charge on any atom is 0.228 e. The van der Waals surface area contributed by atoms with Crippen LogP contribution in [-0.2, 0) is 11.2 Å². The summed E-state index contributed by atoms with van der Waals surface area (Å²) >= 11 is 0. The lowest BCUT2D eigenvalue weighted by atomic mass is 9.99. The van der Waals surface area contributed by atoms with Gasteiger partial charge in [0.2, 0.25) is 5.91 Å². The van der Waals surface area contributed by atoms with Gasteiger partial charge in [-0.05, 0) is 41.5 Å². The van der Waals surface area contributed by atoms with Crippen molar-refractivity contribution in [1.29, 1.82) is 0 Å². The molecule has 4 heteroatoms. The number of nitrogens with zero attached hydrogens (tertiary/aromatic N) is 1. The molecule has 2 heterocycles. The van der Waals surface area contributed by atoms with Gasteiger partial charge in [-0.15, -0.1) is 0 Å². The molecule has 3 nitrogen and oxygen atoms in total. The zero-order valence-electron chi connectivity index (χ0n) is 11.1. The molecule has 1 amide bonds. The third-order valence-corrected chi connectivity index (χ3v) is 3.71. The number of anilines is 1. The first-order chi connectivity index (χ1) is 10.2. The number of benzene rings is 2. The van der Waals surface area contributed by atoms with E-state index in [-0.39, 0.29) is 11.7 Å². The number of pyridine rings is 1. The Morgan fingerprint density at radius 3 is 2.95 bits per heavy atom. The van der Waals surface area contributed by atoms with Crippen LogP contribution in [0.3, 0.4) is 0 Å². The van der Waals surface area contributed by atoms with E-state index in [1.807, 2.05) is 24.3 Å². The number of hydrogen-bond donors (Lipinski definition) is 1. The Hall–Kier alpha value is -2.75. The van der Waals surface area contributed by atoms with E-state index in [0.717, 1.165) is 33.3 Å². The van der Waals surface area contributed by atoms with E-state index in [9.17, 15) is 9.18 Å². The van der Waals surface area contributed by atoms with Gasteiger partial charge in [0.1, 0.15) is 5.82 Å². The van der Waals surface area contributed by atoms with Crippen LogP contribution in [0.25, 0.3) is 22.0 Å². The second-order valence-corrected chi connectivity index (χ2v) is 5.13. The minimum Gasteiger partial charge on any atom is -0.326 e. The Labute approximate surface area is 120 Å². The molecule has 1 aromatic heterocycles. The predicted octanol–water partition coefficient (Wildman–Crippen LogP) is 3.54. The average molecular weight is 278 g/mol. The molecular weight excluding hydrogens is 267 g/mol. The molecule has 0 bridgehead atoms. The quantitative estimate of drug-likeness (QED) is 0.739. The molecule has 0 atom stereocenters. The molecule has 0 unspecified atom stereocenters. The first-order valence-corrected chi connectivity index (χ1v) is 6.68. The summed E-state index contributed by atoms with van der Waals surface area (Å²) in [5, 5.41) is 3.56. The average Bonchev–Trinajstić information content (AvgIpc) is 2.85. The van der Waals surface area contributed by atoms with Gasteiger partial charge < -0.3 is 5.32 Å². The fourth-order valence-corrected chi connectivity index (χ4v) is 2.77. The maximum absolute atomic E-state index is 13.8. The van der Waals surface area contributed by atoms with Crippen LogP contribution in [0.4, 0.5) is 10.1 Å². The highest BCUT2D eigenvalue weighted by atomic mass is 19.1. The summed E-state index contributed by atoms with van der Waals surface area (Å²) in [6, 6.07) is 12.3. The van der Waals surface area contributed by atoms with Crippen molar-refractivity contribution in [2.75, 3.05) is 5.32 Å². The van der Waals surface area contributed by atoms with Crippen molar-refractivity contribution in [3.05, 3.63) is 60.0 Å². The van der Waals surface area contributed by atoms with Crippen molar-refractivity contribution in [3.63, 3.8) is 0 Å². The molecule has 1 aliphatic rings. The standard InChI is InChI=1S/C17H11FN2O/c18-13-7-11-2-1-5-19-17(11)14(9-13)10-3-4-15-12(6-10)8-16(21)20-15/h1-7,9H,8H2,(H,20,21). The lowest BCUT2D eigenvalue weighted by molar-refractivity contribution is -0.115. The molecule has 0 saturated heterocycles. The Kier molecular flexibility index (Phi) is 2.51. The summed E-state index contributed by atoms with van der Waals surface area (Å²) < 4.78 is 13.8. The summed E-state index contributed by atoms with van der Waals surface area (Å²) in [5.74, 6) is -0.301. The smallest absolute Gasteiger partial charge is 0.228 e. The van der Waals surface area contributed by atoms with Crippen LogP contribution in [0, 0.1) is 5.82 Å². The Bertz CT molecular complexity index is 889. The van der Waals surface area contributed by atoms with Crippen molar-refractivity contribution in [1.82, 2.24) is 4.98 Å². The molecule has 0 aliphatic carbocycles. The highest BCUT2D eigenvalue weighted by Crippen LogP contribution is 2.32. The fourth-order valence-electron chi connectivity index (χ4n) is 2.77. The topological polar surface area (TPSA) is 42.0 Å². The highest BCUT2D eigenvalue weighted by Gasteiger charge is 2.18. The minimum atomic E-state index is -0.291. The Balaban J connectivity index is 1.95. The van der Waals surface area contributed by atoms with Crippen LogP contribution in [0.2, 0.25) is 0 Å². The SMILES string of the molecule is O=C1Cc2cc(-c3cc(F)cc4cccnc34)ccc2N1. The van der Waals surface area contributed by atoms with Crippen LogP contribution < -0.4 is 5.32 Å². The van der Waals surface area contributed by atoms with Gasteiger partial charge in [-0.1, -0.05) is 12.1 Å². The van der Waals surface area contributed by atoms with Gasteiger partial charge in [-0.3, -0.25) is 9.78 Å². The summed E-state index contributed by atoms with van der Waals surface area (Å²) in [6.07, 6.45) is 2.06. The number of hydrogen-bond acceptors (Lipinski definition) is 2. The van der Waals surface area contributed by atoms with Crippen LogP contribution in [0.15, 0.2) is 48.7 Å². The van der Waals surface area contributed by atoms with E-state index >= 15 is 0 Å². The number of rotatable bonds is 1. The molecule has 1 N–H and O–H groups in total. The zero-order chi connectivity index (χ0) is 14.4. The molecule has 0 spiro atoms. The number of carbonyl (C=O) groups excluding carboxylic acids is 1. The van der Waals surface area contributed by atoms with Gasteiger partial charge in [0.25, 0.3) is 0 Å². The van der Waals surface area contributed by atoms with Crippen LogP contribution >= 0.6 is 0 Å². The maximum atomic E-state index is 13.8. The van der Waals surface area contributed by atoms with Gasteiger partial charge in [0, 0.05) is 22.8 Å². The molecule has 2 aromatic carbocycles. The van der Waals surface area contributed by atoms with Crippen LogP contribution in [0.1, 0.15) is 5.56 Å². The highest BCUT2D eigenvalue weighted by molar-refractivity contribution is 6.00. The number of nitrogens with one attached hydrogen (secondary N) is 1. The molecule has 0 radical (unpaired) electrons. The molecule has 3 aromatic rings. The van der Waals surface area contributed by atoms with Crippen molar-refractivity contribution in [2.45, 2.75) is 6.42 Å². The molecule has 4 rings (SSSR count). The third-order valence-electron chi connectivity index (χ3n) is 3.71. The molecule has 0 fully saturated rings. The van der Waals surface area contributed by atoms with Crippen molar-refractivity contribution in [3.8, 4) is 11.1 Å². The molecule has 0 saturated carbocycles. The van der Waals surface area contributed by atoms with Gasteiger partial charge in [0.05, 0.1) is 11.9 Å². The Morgan fingerprint density at radius 2 is 2.05 bits per heavy atom. The van der Waals surface area contributed by atoms with Crippen molar-refractivity contribution >= 4 is 22.5 Å². The number of aromatic nitrogens is 1. The van der Waals surface area contributed by atoms with E-state index in [1.165, 1.54) is 12.1 Å². The number of amides is 1. The monoisotopic (exact) mass is 278 g/mol. The number of carbonyl (C=O) groups is 1. The summed E-state index contributed by atoms with van der Waals surface area (Å²) in [4.78, 5) is 15.8. The van der Waals surface area contributed by atoms with Crippen LogP contribution in [0.5, 0.6) is 0 Å². The lowest BCUT2D eigenvalue weighted by Gasteiger charge is -2.08. The Morgan fingerprint density at radius 1 is 1.14 bits per heavy atom. The molecule has 102 valence electrons. The van der Waals surface area contributed by atoms with Crippen LogP contribution in [-0.4, -0.2) is 10.9 Å². The largest absolute Gasteiger partial charge is 0.326 e. The minimum absolute atomic E-state index is 0.00984. The van der Waals surface area contributed by atoms with Gasteiger partial charge in [0.15, 0.2) is 0 Å². The first kappa shape index (κ1) is 12.0. The van der Waals surface area contributed by atoms with E-state index in [0.29, 0.717) is 6.42 Å². The molecule has 21 heavy (non-hydrogen) atoms. The zero-order valence-corrected chi connectivity index (χ0v) is 11.1. The summed E-state index contributed by atoms with van der Waals surface area (Å²) in [5.41, 5.74) is 4.14. The van der Waals surface area contributed by atoms with Crippen molar-refractivity contribution in [2.24, 2.45) is 0 Å². The van der Waals surface area contributed by atoms with E-state index in [2.05, 4.69) is 10.3 Å². The van der Waals surface area contributed by atoms with Gasteiger partial charge >= 0.3 is 0 Å². The molecular formula is C17H11FN2O. The summed E-state index contributed by atoms with van der Waals surface area (Å²) in [7, 11) is 0. The number of fused-ring (bicyclic) bond motifs is 2. The predicted molar refractivity (Wildman–Crippen MR) is 79.5 cm³/mol. The lowest BCUT2D eigenvalue weighted by Crippen LogP contribution is -2.03. The van der Waals surface area contributed by atoms with Gasteiger partial charge in [-0.25, -0.2) is 4.39 Å². The first-order valence-electron chi connectivity index (χ1n) is 6.68. The van der Waals surface area contributed by atoms with Gasteiger partial charge in [-0.2, -0.15) is 0 Å². The third kappa shape index (κ3) is 1.96. The van der Waals surface area contributed by atoms with E-state index in [1.54, 1.807) is 12.3 Å². The van der Waals surface area contributed by atoms with E-state index in [4.69, 9.17) is 0 Å². The van der Waals surface area contributed by atoms with Crippen molar-refractivity contribution < 1.29 is 9.18 Å². The van der Waals surface area contributed by atoms with E-state index < -0.39 is 0 Å². The fraction of sp³-hybridized carbons (Fsp3) is 0.0588.